The summed E-state index contributed by atoms with van der Waals surface area (Å²) in [4.78, 5) is 15.5. The third-order valence-electron chi connectivity index (χ3n) is 3.05. The minimum atomic E-state index is -3.13. The molecule has 1 aromatic heterocycles. The lowest BCUT2D eigenvalue weighted by molar-refractivity contribution is -0.386. The molecule has 23 heavy (non-hydrogen) atoms. The average molecular weight is 343 g/mol. The van der Waals surface area contributed by atoms with E-state index >= 15 is 0 Å². The third kappa shape index (κ3) is 4.35. The number of aromatic nitrogens is 1. The van der Waals surface area contributed by atoms with Gasteiger partial charge in [-0.2, -0.15) is 8.78 Å². The molecule has 1 atom stereocenters. The molecule has 0 amide bonds. The molecule has 1 heterocycles. The fourth-order valence-corrected chi connectivity index (χ4v) is 2.80. The second-order valence-corrected chi connectivity index (χ2v) is 5.85. The van der Waals surface area contributed by atoms with Crippen LogP contribution in [0.2, 0.25) is 0 Å². The van der Waals surface area contributed by atoms with E-state index in [9.17, 15) is 18.9 Å². The van der Waals surface area contributed by atoms with E-state index in [-0.39, 0.29) is 6.04 Å². The Balaban J connectivity index is 2.20. The van der Waals surface area contributed by atoms with Crippen molar-refractivity contribution in [2.75, 3.05) is 5.32 Å². The van der Waals surface area contributed by atoms with Crippen molar-refractivity contribution in [2.24, 2.45) is 0 Å². The molecule has 9 heteroatoms. The molecule has 0 saturated heterocycles. The van der Waals surface area contributed by atoms with E-state index < -0.39 is 23.0 Å². The zero-order valence-corrected chi connectivity index (χ0v) is 13.3. The standard InChI is InChI=1S/C14H15F2N3O3S/c1-3-10-7-17-13(23-10)8(2)18-9-4-5-11(19(20)21)12(6-9)22-14(15)16/h4-8,14,18H,3H2,1-2H3. The van der Waals surface area contributed by atoms with E-state index in [1.54, 1.807) is 17.5 Å². The molecule has 0 aliphatic heterocycles. The van der Waals surface area contributed by atoms with Crippen LogP contribution in [-0.2, 0) is 6.42 Å². The molecule has 2 aromatic rings. The second kappa shape index (κ2) is 7.32. The van der Waals surface area contributed by atoms with Crippen molar-refractivity contribution in [3.8, 4) is 5.75 Å². The van der Waals surface area contributed by atoms with Gasteiger partial charge in [0.05, 0.1) is 11.0 Å². The number of nitro groups is 1. The molecule has 0 fully saturated rings. The Morgan fingerprint density at radius 1 is 1.48 bits per heavy atom. The lowest BCUT2D eigenvalue weighted by Gasteiger charge is -2.14. The van der Waals surface area contributed by atoms with Crippen molar-refractivity contribution in [1.29, 1.82) is 0 Å². The summed E-state index contributed by atoms with van der Waals surface area (Å²) >= 11 is 1.55. The van der Waals surface area contributed by atoms with Gasteiger partial charge in [-0.15, -0.1) is 11.3 Å². The number of ether oxygens (including phenoxy) is 1. The number of alkyl halides is 2. The van der Waals surface area contributed by atoms with Gasteiger partial charge < -0.3 is 10.1 Å². The maximum absolute atomic E-state index is 12.4. The number of hydrogen-bond donors (Lipinski definition) is 1. The lowest BCUT2D eigenvalue weighted by Crippen LogP contribution is -2.08. The number of benzene rings is 1. The Labute approximate surface area is 135 Å². The Morgan fingerprint density at radius 3 is 2.78 bits per heavy atom. The first kappa shape index (κ1) is 17.1. The van der Waals surface area contributed by atoms with Crippen LogP contribution in [0.25, 0.3) is 0 Å². The van der Waals surface area contributed by atoms with Crippen LogP contribution in [0, 0.1) is 10.1 Å². The predicted molar refractivity (Wildman–Crippen MR) is 83.3 cm³/mol. The van der Waals surface area contributed by atoms with Gasteiger partial charge in [-0.3, -0.25) is 10.1 Å². The number of hydrogen-bond acceptors (Lipinski definition) is 6. The van der Waals surface area contributed by atoms with Crippen molar-refractivity contribution in [2.45, 2.75) is 32.9 Å². The van der Waals surface area contributed by atoms with Gasteiger partial charge in [0.25, 0.3) is 0 Å². The van der Waals surface area contributed by atoms with Crippen LogP contribution in [0.5, 0.6) is 5.75 Å². The normalized spacial score (nSPS) is 12.2. The lowest BCUT2D eigenvalue weighted by atomic mass is 10.2. The predicted octanol–water partition coefficient (Wildman–Crippen LogP) is 4.39. The van der Waals surface area contributed by atoms with Crippen LogP contribution in [-0.4, -0.2) is 16.5 Å². The van der Waals surface area contributed by atoms with Gasteiger partial charge in [0.2, 0.25) is 5.75 Å². The molecule has 0 aliphatic carbocycles. The quantitative estimate of drug-likeness (QED) is 0.596. The van der Waals surface area contributed by atoms with E-state index in [0.29, 0.717) is 5.69 Å². The summed E-state index contributed by atoms with van der Waals surface area (Å²) in [5.41, 5.74) is -0.0713. The van der Waals surface area contributed by atoms with E-state index in [0.717, 1.165) is 22.4 Å². The summed E-state index contributed by atoms with van der Waals surface area (Å²) in [6.45, 7) is 0.764. The van der Waals surface area contributed by atoms with E-state index in [2.05, 4.69) is 15.0 Å². The van der Waals surface area contributed by atoms with Gasteiger partial charge in [-0.05, 0) is 19.4 Å². The number of aryl methyl sites for hydroxylation is 1. The maximum Gasteiger partial charge on any atom is 0.387 e. The molecular formula is C14H15F2N3O3S. The van der Waals surface area contributed by atoms with Gasteiger partial charge in [0.15, 0.2) is 0 Å². The first-order valence-electron chi connectivity index (χ1n) is 6.85. The topological polar surface area (TPSA) is 77.3 Å². The van der Waals surface area contributed by atoms with Crippen LogP contribution in [0.15, 0.2) is 24.4 Å². The minimum absolute atomic E-state index is 0.166. The van der Waals surface area contributed by atoms with Crippen molar-refractivity contribution in [1.82, 2.24) is 4.98 Å². The molecule has 6 nitrogen and oxygen atoms in total. The largest absolute Gasteiger partial charge is 0.427 e. The van der Waals surface area contributed by atoms with Crippen LogP contribution in [0.4, 0.5) is 20.2 Å². The summed E-state index contributed by atoms with van der Waals surface area (Å²) in [7, 11) is 0. The first-order chi connectivity index (χ1) is 10.9. The molecule has 0 radical (unpaired) electrons. The molecule has 1 N–H and O–H groups in total. The molecule has 2 rings (SSSR count). The summed E-state index contributed by atoms with van der Waals surface area (Å²) in [6.07, 6.45) is 2.67. The number of halogens is 2. The highest BCUT2D eigenvalue weighted by Gasteiger charge is 2.20. The van der Waals surface area contributed by atoms with Crippen LogP contribution in [0.1, 0.15) is 29.8 Å². The number of nitrogens with zero attached hydrogens (tertiary/aromatic N) is 2. The van der Waals surface area contributed by atoms with Gasteiger partial charge >= 0.3 is 12.3 Å². The highest BCUT2D eigenvalue weighted by Crippen LogP contribution is 2.33. The van der Waals surface area contributed by atoms with Crippen molar-refractivity contribution >= 4 is 22.7 Å². The molecule has 0 spiro atoms. The Kier molecular flexibility index (Phi) is 5.43. The smallest absolute Gasteiger partial charge is 0.387 e. The van der Waals surface area contributed by atoms with Crippen molar-refractivity contribution in [3.05, 3.63) is 44.4 Å². The minimum Gasteiger partial charge on any atom is -0.427 e. The first-order valence-corrected chi connectivity index (χ1v) is 7.66. The van der Waals surface area contributed by atoms with Gasteiger partial charge in [0, 0.05) is 28.9 Å². The van der Waals surface area contributed by atoms with Gasteiger partial charge in [-0.25, -0.2) is 4.98 Å². The number of nitro benzene ring substituents is 1. The second-order valence-electron chi connectivity index (χ2n) is 4.70. The zero-order chi connectivity index (χ0) is 17.0. The number of anilines is 1. The number of thiazole rings is 1. The Morgan fingerprint density at radius 2 is 2.22 bits per heavy atom. The SMILES string of the molecule is CCc1cnc(C(C)Nc2ccc([N+](=O)[O-])c(OC(F)F)c2)s1. The van der Waals surface area contributed by atoms with Gasteiger partial charge in [0.1, 0.15) is 5.01 Å². The van der Waals surface area contributed by atoms with Crippen molar-refractivity contribution < 1.29 is 18.4 Å². The highest BCUT2D eigenvalue weighted by atomic mass is 32.1. The monoisotopic (exact) mass is 343 g/mol. The summed E-state index contributed by atoms with van der Waals surface area (Å²) in [5.74, 6) is -0.476. The summed E-state index contributed by atoms with van der Waals surface area (Å²) < 4.78 is 29.0. The Hall–Kier alpha value is -2.29. The Bertz CT molecular complexity index is 694. The summed E-state index contributed by atoms with van der Waals surface area (Å²) in [6, 6.07) is 3.60. The number of nitrogens with one attached hydrogen (secondary N) is 1. The fourth-order valence-electron chi connectivity index (χ4n) is 1.94. The van der Waals surface area contributed by atoms with E-state index in [4.69, 9.17) is 0 Å². The maximum atomic E-state index is 12.4. The fraction of sp³-hybridized carbons (Fsp3) is 0.357. The molecular weight excluding hydrogens is 328 g/mol. The van der Waals surface area contributed by atoms with E-state index in [1.165, 1.54) is 12.1 Å². The highest BCUT2D eigenvalue weighted by molar-refractivity contribution is 7.11. The van der Waals surface area contributed by atoms with E-state index in [1.807, 2.05) is 13.8 Å². The number of rotatable bonds is 7. The zero-order valence-electron chi connectivity index (χ0n) is 12.5. The molecule has 0 saturated carbocycles. The van der Waals surface area contributed by atoms with Gasteiger partial charge in [-0.1, -0.05) is 6.92 Å². The molecule has 0 aliphatic rings. The molecule has 0 bridgehead atoms. The molecule has 1 aromatic carbocycles. The molecule has 124 valence electrons. The third-order valence-corrected chi connectivity index (χ3v) is 4.37. The van der Waals surface area contributed by atoms with Crippen LogP contribution in [0.3, 0.4) is 0 Å². The molecule has 1 unspecified atom stereocenters. The van der Waals surface area contributed by atoms with Crippen LogP contribution < -0.4 is 10.1 Å². The average Bonchev–Trinajstić information content (AvgIpc) is 2.95. The van der Waals surface area contributed by atoms with Crippen molar-refractivity contribution in [3.63, 3.8) is 0 Å². The summed E-state index contributed by atoms with van der Waals surface area (Å²) in [5, 5.41) is 14.8. The van der Waals surface area contributed by atoms with Crippen LogP contribution >= 0.6 is 11.3 Å².